The Morgan fingerprint density at radius 3 is 2.62 bits per heavy atom. The number of thiophene rings is 1. The summed E-state index contributed by atoms with van der Waals surface area (Å²) in [6.45, 7) is 1.30. The van der Waals surface area contributed by atoms with Crippen molar-refractivity contribution in [3.05, 3.63) is 16.0 Å². The molecule has 1 unspecified atom stereocenters. The predicted octanol–water partition coefficient (Wildman–Crippen LogP) is 2.71. The van der Waals surface area contributed by atoms with Crippen LogP contribution >= 0.6 is 11.3 Å². The molecule has 6 nitrogen and oxygen atoms in total. The quantitative estimate of drug-likeness (QED) is 0.524. The topological polar surface area (TPSA) is 90.5 Å². The number of fused-ring (bicyclic) bond motifs is 1. The lowest BCUT2D eigenvalue weighted by Crippen LogP contribution is -2.28. The van der Waals surface area contributed by atoms with Crippen molar-refractivity contribution in [3.63, 3.8) is 0 Å². The molecule has 2 amide bonds. The number of anilines is 1. The van der Waals surface area contributed by atoms with Gasteiger partial charge in [0.25, 0.3) is 5.91 Å². The highest BCUT2D eigenvalue weighted by Crippen LogP contribution is 2.41. The molecule has 1 aromatic rings. The second-order valence-electron chi connectivity index (χ2n) is 7.93. The van der Waals surface area contributed by atoms with Gasteiger partial charge in [-0.25, -0.2) is 5.48 Å². The van der Waals surface area contributed by atoms with E-state index in [0.29, 0.717) is 23.9 Å². The van der Waals surface area contributed by atoms with E-state index in [9.17, 15) is 9.59 Å². The van der Waals surface area contributed by atoms with Gasteiger partial charge in [-0.3, -0.25) is 9.59 Å². The van der Waals surface area contributed by atoms with Gasteiger partial charge in [0.1, 0.15) is 5.00 Å². The molecule has 0 saturated heterocycles. The van der Waals surface area contributed by atoms with E-state index >= 15 is 0 Å². The summed E-state index contributed by atoms with van der Waals surface area (Å²) in [6.07, 6.45) is 8.05. The molecule has 2 saturated carbocycles. The summed E-state index contributed by atoms with van der Waals surface area (Å²) in [5, 5.41) is 15.7. The van der Waals surface area contributed by atoms with Gasteiger partial charge in [0.05, 0.1) is 5.56 Å². The molecule has 142 valence electrons. The molecule has 2 fully saturated rings. The second kappa shape index (κ2) is 7.66. The molecule has 0 aromatic carbocycles. The first-order valence-electron chi connectivity index (χ1n) is 9.76. The Balaban J connectivity index is 1.55. The Kier molecular flexibility index (Phi) is 5.29. The van der Waals surface area contributed by atoms with Crippen LogP contribution in [0.5, 0.6) is 0 Å². The average molecular weight is 378 g/mol. The number of carbonyl (C=O) groups is 2. The van der Waals surface area contributed by atoms with Gasteiger partial charge in [-0.2, -0.15) is 0 Å². The zero-order valence-electron chi connectivity index (χ0n) is 15.0. The summed E-state index contributed by atoms with van der Waals surface area (Å²) in [7, 11) is 0. The Morgan fingerprint density at radius 1 is 1.12 bits per heavy atom. The Hall–Kier alpha value is -1.44. The third-order valence-electron chi connectivity index (χ3n) is 5.69. The van der Waals surface area contributed by atoms with Crippen molar-refractivity contribution < 1.29 is 14.8 Å². The normalized spacial score (nSPS) is 22.0. The molecular formula is C19H27N3O3S. The van der Waals surface area contributed by atoms with Crippen LogP contribution in [-0.2, 0) is 17.6 Å². The highest BCUT2D eigenvalue weighted by molar-refractivity contribution is 7.17. The summed E-state index contributed by atoms with van der Waals surface area (Å²) in [5.41, 5.74) is 4.04. The van der Waals surface area contributed by atoms with Crippen molar-refractivity contribution in [1.29, 1.82) is 0 Å². The minimum Gasteiger partial charge on any atom is -0.352 e. The van der Waals surface area contributed by atoms with Crippen LogP contribution < -0.4 is 16.1 Å². The first-order chi connectivity index (χ1) is 12.7. The van der Waals surface area contributed by atoms with Gasteiger partial charge in [0, 0.05) is 23.9 Å². The zero-order valence-corrected chi connectivity index (χ0v) is 15.8. The highest BCUT2D eigenvalue weighted by atomic mass is 32.1. The Labute approximate surface area is 157 Å². The summed E-state index contributed by atoms with van der Waals surface area (Å²) in [4.78, 5) is 26.4. The second-order valence-corrected chi connectivity index (χ2v) is 9.04. The van der Waals surface area contributed by atoms with Crippen LogP contribution in [0, 0.1) is 17.8 Å². The number of hydroxylamine groups is 1. The lowest BCUT2D eigenvalue weighted by molar-refractivity contribution is -0.117. The minimum atomic E-state index is -0.0403. The minimum absolute atomic E-state index is 0.0403. The summed E-state index contributed by atoms with van der Waals surface area (Å²) in [6, 6.07) is 0. The van der Waals surface area contributed by atoms with Crippen LogP contribution in [0.3, 0.4) is 0 Å². The fourth-order valence-electron chi connectivity index (χ4n) is 3.71. The van der Waals surface area contributed by atoms with E-state index in [1.807, 2.05) is 0 Å². The third kappa shape index (κ3) is 4.10. The van der Waals surface area contributed by atoms with Gasteiger partial charge in [-0.1, -0.05) is 0 Å². The molecule has 1 heterocycles. The van der Waals surface area contributed by atoms with E-state index in [-0.39, 0.29) is 17.7 Å². The number of nitrogens with one attached hydrogen (secondary N) is 3. The Morgan fingerprint density at radius 2 is 1.92 bits per heavy atom. The summed E-state index contributed by atoms with van der Waals surface area (Å²) < 4.78 is 0. The molecule has 4 rings (SSSR count). The molecule has 1 atom stereocenters. The predicted molar refractivity (Wildman–Crippen MR) is 101 cm³/mol. The van der Waals surface area contributed by atoms with E-state index < -0.39 is 0 Å². The van der Waals surface area contributed by atoms with E-state index in [4.69, 9.17) is 5.21 Å². The number of rotatable bonds is 8. The van der Waals surface area contributed by atoms with Gasteiger partial charge in [-0.15, -0.1) is 11.3 Å². The largest absolute Gasteiger partial charge is 0.352 e. The first-order valence-corrected chi connectivity index (χ1v) is 10.6. The van der Waals surface area contributed by atoms with Crippen LogP contribution in [0.4, 0.5) is 5.00 Å². The Bertz CT molecular complexity index is 694. The molecule has 26 heavy (non-hydrogen) atoms. The van der Waals surface area contributed by atoms with Crippen LogP contribution in [0.15, 0.2) is 0 Å². The molecule has 0 aliphatic heterocycles. The van der Waals surface area contributed by atoms with Gasteiger partial charge in [0.2, 0.25) is 5.91 Å². The zero-order chi connectivity index (χ0) is 18.1. The number of aryl methyl sites for hydroxylation is 1. The van der Waals surface area contributed by atoms with E-state index in [2.05, 4.69) is 16.1 Å². The smallest absolute Gasteiger partial charge is 0.254 e. The molecule has 0 spiro atoms. The highest BCUT2D eigenvalue weighted by Gasteiger charge is 2.34. The number of carbonyl (C=O) groups excluding carboxylic acids is 2. The monoisotopic (exact) mass is 377 g/mol. The average Bonchev–Trinajstić information content (AvgIpc) is 3.53. The molecule has 0 bridgehead atoms. The molecule has 3 aliphatic rings. The standard InChI is InChI=1S/C19H27N3O3S/c23-17(13-4-5-13)22-19-16(18(24)20-10-12-1-2-12)14-9-11(7-8-21-25)3-6-15(14)26-19/h11-13,21,25H,1-10H2,(H,20,24)(H,22,23). The maximum Gasteiger partial charge on any atom is 0.254 e. The summed E-state index contributed by atoms with van der Waals surface area (Å²) in [5.74, 6) is 1.22. The third-order valence-corrected chi connectivity index (χ3v) is 6.89. The van der Waals surface area contributed by atoms with E-state index in [0.717, 1.165) is 55.6 Å². The lowest BCUT2D eigenvalue weighted by atomic mass is 9.84. The van der Waals surface area contributed by atoms with Crippen LogP contribution in [-0.4, -0.2) is 30.1 Å². The molecule has 0 radical (unpaired) electrons. The maximum absolute atomic E-state index is 12.9. The van der Waals surface area contributed by atoms with Crippen molar-refractivity contribution in [3.8, 4) is 0 Å². The van der Waals surface area contributed by atoms with Crippen LogP contribution in [0.25, 0.3) is 0 Å². The molecule has 3 aliphatic carbocycles. The molecule has 1 aromatic heterocycles. The maximum atomic E-state index is 12.9. The SMILES string of the molecule is O=C(NCC1CC1)c1c(NC(=O)C2CC2)sc2c1CC(CCNO)CC2. The van der Waals surface area contributed by atoms with Gasteiger partial charge in [-0.05, 0) is 68.8 Å². The lowest BCUT2D eigenvalue weighted by Gasteiger charge is -2.22. The van der Waals surface area contributed by atoms with E-state index in [1.54, 1.807) is 11.3 Å². The van der Waals surface area contributed by atoms with Crippen molar-refractivity contribution >= 4 is 28.2 Å². The first kappa shape index (κ1) is 17.9. The fraction of sp³-hybridized carbons (Fsp3) is 0.684. The van der Waals surface area contributed by atoms with Crippen molar-refractivity contribution in [2.75, 3.05) is 18.4 Å². The number of hydrogen-bond donors (Lipinski definition) is 4. The summed E-state index contributed by atoms with van der Waals surface area (Å²) >= 11 is 1.58. The van der Waals surface area contributed by atoms with Crippen molar-refractivity contribution in [2.24, 2.45) is 17.8 Å². The molecule has 4 N–H and O–H groups in total. The van der Waals surface area contributed by atoms with Gasteiger partial charge < -0.3 is 15.8 Å². The van der Waals surface area contributed by atoms with Gasteiger partial charge in [0.15, 0.2) is 0 Å². The molecular weight excluding hydrogens is 350 g/mol. The van der Waals surface area contributed by atoms with Crippen LogP contribution in [0.2, 0.25) is 0 Å². The van der Waals surface area contributed by atoms with E-state index in [1.165, 1.54) is 17.7 Å². The van der Waals surface area contributed by atoms with Crippen molar-refractivity contribution in [1.82, 2.24) is 10.8 Å². The van der Waals surface area contributed by atoms with Gasteiger partial charge >= 0.3 is 0 Å². The molecule has 7 heteroatoms. The number of hydrogen-bond acceptors (Lipinski definition) is 5. The number of amides is 2. The van der Waals surface area contributed by atoms with Crippen molar-refractivity contribution in [2.45, 2.75) is 51.4 Å². The fourth-order valence-corrected chi connectivity index (χ4v) is 4.95. The van der Waals surface area contributed by atoms with Crippen LogP contribution in [0.1, 0.15) is 59.3 Å².